The second-order valence-electron chi connectivity index (χ2n) is 4.69. The molecule has 0 aromatic heterocycles. The predicted molar refractivity (Wildman–Crippen MR) is 63.5 cm³/mol. The van der Waals surface area contributed by atoms with Crippen molar-refractivity contribution in [2.24, 2.45) is 5.41 Å². The van der Waals surface area contributed by atoms with Crippen LogP contribution in [0.3, 0.4) is 0 Å². The van der Waals surface area contributed by atoms with Crippen LogP contribution in [0.4, 0.5) is 0 Å². The zero-order valence-corrected chi connectivity index (χ0v) is 10.3. The van der Waals surface area contributed by atoms with E-state index in [1.165, 1.54) is 10.0 Å². The Kier molecular flexibility index (Phi) is 2.67. The highest BCUT2D eigenvalue weighted by Crippen LogP contribution is 2.40. The largest absolute Gasteiger partial charge is 0.316 e. The van der Waals surface area contributed by atoms with E-state index < -0.39 is 0 Å². The van der Waals surface area contributed by atoms with Gasteiger partial charge < -0.3 is 5.32 Å². The Morgan fingerprint density at radius 2 is 2.07 bits per heavy atom. The normalized spacial score (nSPS) is 25.2. The fourth-order valence-electron chi connectivity index (χ4n) is 2.23. The van der Waals surface area contributed by atoms with Crippen molar-refractivity contribution in [3.8, 4) is 0 Å². The molecule has 0 unspecified atom stereocenters. The summed E-state index contributed by atoms with van der Waals surface area (Å²) < 4.78 is 1.24. The lowest BCUT2D eigenvalue weighted by molar-refractivity contribution is 0.362. The molecular weight excluding hydrogens is 238 g/mol. The van der Waals surface area contributed by atoms with Crippen LogP contribution in [0, 0.1) is 5.41 Å². The van der Waals surface area contributed by atoms with Gasteiger partial charge in [0.05, 0.1) is 0 Å². The summed E-state index contributed by atoms with van der Waals surface area (Å²) in [6, 6.07) is 8.55. The zero-order valence-electron chi connectivity index (χ0n) is 8.68. The monoisotopic (exact) mass is 253 g/mol. The van der Waals surface area contributed by atoms with Crippen molar-refractivity contribution < 1.29 is 0 Å². The van der Waals surface area contributed by atoms with Gasteiger partial charge in [-0.25, -0.2) is 0 Å². The molecule has 1 heterocycles. The summed E-state index contributed by atoms with van der Waals surface area (Å²) in [5.41, 5.74) is 1.80. The molecular formula is C12H16BrN. The molecule has 0 bridgehead atoms. The van der Waals surface area contributed by atoms with Crippen LogP contribution in [0.1, 0.15) is 25.3 Å². The molecule has 1 fully saturated rings. The van der Waals surface area contributed by atoms with Crippen LogP contribution >= 0.6 is 15.9 Å². The molecule has 1 aliphatic heterocycles. The number of nitrogens with one attached hydrogen (secondary N) is 1. The van der Waals surface area contributed by atoms with Crippen LogP contribution in [0.2, 0.25) is 0 Å². The van der Waals surface area contributed by atoms with Gasteiger partial charge in [-0.05, 0) is 17.0 Å². The predicted octanol–water partition coefficient (Wildman–Crippen LogP) is 3.16. The molecule has 2 rings (SSSR count). The molecule has 1 atom stereocenters. The Morgan fingerprint density at radius 1 is 1.36 bits per heavy atom. The smallest absolute Gasteiger partial charge is 0.0210 e. The summed E-state index contributed by atoms with van der Waals surface area (Å²) in [6.07, 6.45) is 0. The Morgan fingerprint density at radius 3 is 2.64 bits per heavy atom. The quantitative estimate of drug-likeness (QED) is 0.811. The maximum absolute atomic E-state index is 3.63. The van der Waals surface area contributed by atoms with E-state index in [2.05, 4.69) is 59.4 Å². The molecule has 1 N–H and O–H groups in total. The standard InChI is InChI=1S/C12H16BrN/c1-12(2)8-14-7-10(12)9-5-3-4-6-11(9)13/h3-6,10,14H,7-8H2,1-2H3/t10-/m1/s1. The number of hydrogen-bond donors (Lipinski definition) is 1. The van der Waals surface area contributed by atoms with Gasteiger partial charge in [0.15, 0.2) is 0 Å². The van der Waals surface area contributed by atoms with Crippen molar-refractivity contribution in [2.75, 3.05) is 13.1 Å². The first kappa shape index (κ1) is 10.2. The first-order valence-corrected chi connectivity index (χ1v) is 5.86. The minimum Gasteiger partial charge on any atom is -0.316 e. The Hall–Kier alpha value is -0.340. The van der Waals surface area contributed by atoms with Crippen molar-refractivity contribution in [3.63, 3.8) is 0 Å². The van der Waals surface area contributed by atoms with E-state index >= 15 is 0 Å². The molecule has 1 aromatic rings. The Balaban J connectivity index is 2.36. The van der Waals surface area contributed by atoms with Crippen molar-refractivity contribution in [3.05, 3.63) is 34.3 Å². The first-order chi connectivity index (χ1) is 6.61. The highest BCUT2D eigenvalue weighted by Gasteiger charge is 2.36. The SMILES string of the molecule is CC1(C)CNC[C@@H]1c1ccccc1Br. The van der Waals surface area contributed by atoms with Gasteiger partial charge in [-0.3, -0.25) is 0 Å². The maximum Gasteiger partial charge on any atom is 0.0210 e. The fourth-order valence-corrected chi connectivity index (χ4v) is 2.79. The second-order valence-corrected chi connectivity index (χ2v) is 5.55. The first-order valence-electron chi connectivity index (χ1n) is 5.06. The summed E-state index contributed by atoms with van der Waals surface area (Å²) in [4.78, 5) is 0. The molecule has 0 amide bonds. The summed E-state index contributed by atoms with van der Waals surface area (Å²) in [5, 5.41) is 3.47. The third-order valence-corrected chi connectivity index (χ3v) is 3.88. The molecule has 0 spiro atoms. The summed E-state index contributed by atoms with van der Waals surface area (Å²) in [6.45, 7) is 6.86. The number of halogens is 1. The van der Waals surface area contributed by atoms with Crippen LogP contribution in [-0.4, -0.2) is 13.1 Å². The Bertz CT molecular complexity index is 333. The highest BCUT2D eigenvalue weighted by atomic mass is 79.9. The van der Waals surface area contributed by atoms with Crippen molar-refractivity contribution >= 4 is 15.9 Å². The van der Waals surface area contributed by atoms with Gasteiger partial charge in [-0.1, -0.05) is 48.0 Å². The lowest BCUT2D eigenvalue weighted by atomic mass is 9.78. The van der Waals surface area contributed by atoms with Crippen LogP contribution in [-0.2, 0) is 0 Å². The lowest BCUT2D eigenvalue weighted by Crippen LogP contribution is -2.20. The van der Waals surface area contributed by atoms with Crippen LogP contribution in [0.15, 0.2) is 28.7 Å². The average molecular weight is 254 g/mol. The minimum absolute atomic E-state index is 0.365. The van der Waals surface area contributed by atoms with E-state index in [1.54, 1.807) is 0 Å². The number of hydrogen-bond acceptors (Lipinski definition) is 1. The summed E-state index contributed by atoms with van der Waals surface area (Å²) >= 11 is 3.63. The molecule has 0 aliphatic carbocycles. The van der Waals surface area contributed by atoms with Gasteiger partial charge in [0.1, 0.15) is 0 Å². The maximum atomic E-state index is 3.63. The topological polar surface area (TPSA) is 12.0 Å². The van der Waals surface area contributed by atoms with E-state index in [0.717, 1.165) is 13.1 Å². The zero-order chi connectivity index (χ0) is 10.2. The van der Waals surface area contributed by atoms with Gasteiger partial charge in [-0.15, -0.1) is 0 Å². The molecule has 14 heavy (non-hydrogen) atoms. The van der Waals surface area contributed by atoms with Crippen molar-refractivity contribution in [1.29, 1.82) is 0 Å². The van der Waals surface area contributed by atoms with Gasteiger partial charge >= 0.3 is 0 Å². The lowest BCUT2D eigenvalue weighted by Gasteiger charge is -2.26. The average Bonchev–Trinajstić information content (AvgIpc) is 2.46. The van der Waals surface area contributed by atoms with Crippen molar-refractivity contribution in [2.45, 2.75) is 19.8 Å². The van der Waals surface area contributed by atoms with Crippen LogP contribution in [0.25, 0.3) is 0 Å². The Labute approximate surface area is 94.0 Å². The molecule has 0 radical (unpaired) electrons. The van der Waals surface area contributed by atoms with E-state index in [1.807, 2.05) is 0 Å². The van der Waals surface area contributed by atoms with Gasteiger partial charge in [0.25, 0.3) is 0 Å². The molecule has 1 aromatic carbocycles. The fraction of sp³-hybridized carbons (Fsp3) is 0.500. The van der Waals surface area contributed by atoms with Gasteiger partial charge in [0, 0.05) is 23.5 Å². The van der Waals surface area contributed by atoms with Crippen LogP contribution in [0.5, 0.6) is 0 Å². The summed E-state index contributed by atoms with van der Waals surface area (Å²) in [7, 11) is 0. The third kappa shape index (κ3) is 1.73. The molecule has 0 saturated carbocycles. The highest BCUT2D eigenvalue weighted by molar-refractivity contribution is 9.10. The molecule has 1 saturated heterocycles. The molecule has 76 valence electrons. The minimum atomic E-state index is 0.365. The molecule has 1 aliphatic rings. The third-order valence-electron chi connectivity index (χ3n) is 3.15. The van der Waals surface area contributed by atoms with Crippen molar-refractivity contribution in [1.82, 2.24) is 5.32 Å². The number of benzene rings is 1. The second kappa shape index (κ2) is 3.67. The van der Waals surface area contributed by atoms with Crippen LogP contribution < -0.4 is 5.32 Å². The summed E-state index contributed by atoms with van der Waals surface area (Å²) in [5.74, 6) is 0.623. The van der Waals surface area contributed by atoms with E-state index in [0.29, 0.717) is 11.3 Å². The molecule has 1 nitrogen and oxygen atoms in total. The van der Waals surface area contributed by atoms with E-state index in [-0.39, 0.29) is 0 Å². The van der Waals surface area contributed by atoms with Gasteiger partial charge in [-0.2, -0.15) is 0 Å². The molecule has 2 heteroatoms. The van der Waals surface area contributed by atoms with Gasteiger partial charge in [0.2, 0.25) is 0 Å². The van der Waals surface area contributed by atoms with E-state index in [9.17, 15) is 0 Å². The number of rotatable bonds is 1. The van der Waals surface area contributed by atoms with E-state index in [4.69, 9.17) is 0 Å².